The van der Waals surface area contributed by atoms with Crippen molar-refractivity contribution in [3.8, 4) is 0 Å². The Kier molecular flexibility index (Phi) is 3.46. The van der Waals surface area contributed by atoms with Gasteiger partial charge in [0.2, 0.25) is 11.8 Å². The SMILES string of the molecule is CC1CC2C(=O)N(Cc3nc(Cl)ccc3Cl)C(=O)C2C1. The van der Waals surface area contributed by atoms with Gasteiger partial charge in [-0.15, -0.1) is 0 Å². The Labute approximate surface area is 127 Å². The number of aromatic nitrogens is 1. The number of likely N-dealkylation sites (tertiary alicyclic amines) is 1. The summed E-state index contributed by atoms with van der Waals surface area (Å²) in [5, 5.41) is 0.720. The van der Waals surface area contributed by atoms with Gasteiger partial charge in [-0.1, -0.05) is 30.1 Å². The monoisotopic (exact) mass is 312 g/mol. The standard InChI is InChI=1S/C14H14Cl2N2O2/c1-7-4-8-9(5-7)14(20)18(13(8)19)6-11-10(15)2-3-12(16)17-11/h2-3,7-9H,4-6H2,1H3. The van der Waals surface area contributed by atoms with E-state index in [9.17, 15) is 9.59 Å². The summed E-state index contributed by atoms with van der Waals surface area (Å²) in [5.41, 5.74) is 0.467. The van der Waals surface area contributed by atoms with Crippen molar-refractivity contribution >= 4 is 35.0 Å². The third-order valence-electron chi connectivity index (χ3n) is 4.16. The van der Waals surface area contributed by atoms with Crippen molar-refractivity contribution in [1.82, 2.24) is 9.88 Å². The summed E-state index contributed by atoms with van der Waals surface area (Å²) in [7, 11) is 0. The minimum Gasteiger partial charge on any atom is -0.276 e. The van der Waals surface area contributed by atoms with Gasteiger partial charge in [0, 0.05) is 0 Å². The highest BCUT2D eigenvalue weighted by atomic mass is 35.5. The van der Waals surface area contributed by atoms with Gasteiger partial charge in [0.15, 0.2) is 0 Å². The molecule has 2 heterocycles. The number of carbonyl (C=O) groups is 2. The number of pyridine rings is 1. The minimum atomic E-state index is -0.157. The van der Waals surface area contributed by atoms with Crippen LogP contribution < -0.4 is 0 Å². The Morgan fingerprint density at radius 2 is 1.80 bits per heavy atom. The highest BCUT2D eigenvalue weighted by Crippen LogP contribution is 2.43. The van der Waals surface area contributed by atoms with Gasteiger partial charge in [-0.05, 0) is 30.9 Å². The second kappa shape index (κ2) is 5.01. The smallest absolute Gasteiger partial charge is 0.233 e. The van der Waals surface area contributed by atoms with Crippen molar-refractivity contribution in [1.29, 1.82) is 0 Å². The Morgan fingerprint density at radius 3 is 2.40 bits per heavy atom. The molecule has 6 heteroatoms. The Bertz CT molecular complexity index is 567. The zero-order chi connectivity index (χ0) is 14.4. The van der Waals surface area contributed by atoms with Crippen molar-refractivity contribution in [2.24, 2.45) is 17.8 Å². The fourth-order valence-electron chi connectivity index (χ4n) is 3.22. The number of hydrogen-bond donors (Lipinski definition) is 0. The van der Waals surface area contributed by atoms with E-state index in [-0.39, 0.29) is 30.2 Å². The lowest BCUT2D eigenvalue weighted by Crippen LogP contribution is -2.32. The van der Waals surface area contributed by atoms with Crippen molar-refractivity contribution < 1.29 is 9.59 Å². The number of halogens is 2. The molecule has 1 aromatic heterocycles. The molecule has 2 amide bonds. The summed E-state index contributed by atoms with van der Waals surface area (Å²) < 4.78 is 0. The summed E-state index contributed by atoms with van der Waals surface area (Å²) >= 11 is 11.9. The minimum absolute atomic E-state index is 0.0952. The zero-order valence-corrected chi connectivity index (χ0v) is 12.5. The molecule has 0 spiro atoms. The van der Waals surface area contributed by atoms with E-state index >= 15 is 0 Å². The molecule has 1 saturated carbocycles. The van der Waals surface area contributed by atoms with Gasteiger partial charge in [-0.25, -0.2) is 4.98 Å². The summed E-state index contributed by atoms with van der Waals surface area (Å²) in [4.78, 5) is 30.1. The number of amides is 2. The maximum Gasteiger partial charge on any atom is 0.233 e. The molecule has 1 aromatic rings. The molecule has 1 saturated heterocycles. The molecule has 0 N–H and O–H groups in total. The van der Waals surface area contributed by atoms with Crippen LogP contribution in [-0.2, 0) is 16.1 Å². The van der Waals surface area contributed by atoms with Crippen LogP contribution in [0.4, 0.5) is 0 Å². The van der Waals surface area contributed by atoms with Gasteiger partial charge < -0.3 is 0 Å². The van der Waals surface area contributed by atoms with E-state index < -0.39 is 0 Å². The molecule has 2 fully saturated rings. The van der Waals surface area contributed by atoms with E-state index in [2.05, 4.69) is 11.9 Å². The number of hydrogen-bond acceptors (Lipinski definition) is 3. The van der Waals surface area contributed by atoms with Crippen LogP contribution in [0.25, 0.3) is 0 Å². The van der Waals surface area contributed by atoms with Gasteiger partial charge in [-0.3, -0.25) is 14.5 Å². The van der Waals surface area contributed by atoms with Gasteiger partial charge in [0.25, 0.3) is 0 Å². The summed E-state index contributed by atoms with van der Waals surface area (Å²) in [6.07, 6.45) is 1.59. The first kappa shape index (κ1) is 13.8. The quantitative estimate of drug-likeness (QED) is 0.623. The molecule has 0 aromatic carbocycles. The van der Waals surface area contributed by atoms with Crippen LogP contribution in [0.1, 0.15) is 25.5 Å². The topological polar surface area (TPSA) is 50.3 Å². The fourth-order valence-corrected chi connectivity index (χ4v) is 3.55. The van der Waals surface area contributed by atoms with E-state index in [4.69, 9.17) is 23.2 Å². The second-order valence-corrected chi connectivity index (χ2v) is 6.41. The molecule has 2 atom stereocenters. The lowest BCUT2D eigenvalue weighted by atomic mass is 10.00. The Balaban J connectivity index is 1.84. The van der Waals surface area contributed by atoms with Crippen LogP contribution >= 0.6 is 23.2 Å². The van der Waals surface area contributed by atoms with E-state index in [1.807, 2.05) is 0 Å². The Morgan fingerprint density at radius 1 is 1.20 bits per heavy atom. The van der Waals surface area contributed by atoms with E-state index in [1.54, 1.807) is 12.1 Å². The van der Waals surface area contributed by atoms with Crippen LogP contribution in [0.15, 0.2) is 12.1 Å². The number of fused-ring (bicyclic) bond motifs is 1. The fraction of sp³-hybridized carbons (Fsp3) is 0.500. The van der Waals surface area contributed by atoms with Crippen molar-refractivity contribution in [3.05, 3.63) is 28.0 Å². The molecule has 0 bridgehead atoms. The molecular formula is C14H14Cl2N2O2. The van der Waals surface area contributed by atoms with Gasteiger partial charge >= 0.3 is 0 Å². The van der Waals surface area contributed by atoms with E-state index in [1.165, 1.54) is 4.90 Å². The van der Waals surface area contributed by atoms with E-state index in [0.29, 0.717) is 21.8 Å². The Hall–Kier alpha value is -1.13. The number of rotatable bonds is 2. The maximum atomic E-state index is 12.3. The maximum absolute atomic E-state index is 12.3. The predicted octanol–water partition coefficient (Wildman–Crippen LogP) is 2.92. The number of nitrogens with zero attached hydrogens (tertiary/aromatic N) is 2. The van der Waals surface area contributed by atoms with E-state index in [0.717, 1.165) is 12.8 Å². The first-order valence-electron chi connectivity index (χ1n) is 6.63. The van der Waals surface area contributed by atoms with Crippen molar-refractivity contribution in [2.45, 2.75) is 26.3 Å². The molecule has 0 radical (unpaired) electrons. The first-order chi connectivity index (χ1) is 9.47. The second-order valence-electron chi connectivity index (χ2n) is 5.61. The van der Waals surface area contributed by atoms with Crippen LogP contribution in [0, 0.1) is 17.8 Å². The zero-order valence-electron chi connectivity index (χ0n) is 11.0. The molecule has 2 aliphatic rings. The van der Waals surface area contributed by atoms with Gasteiger partial charge in [0.05, 0.1) is 29.1 Å². The normalized spacial score (nSPS) is 29.1. The van der Waals surface area contributed by atoms with Crippen LogP contribution in [-0.4, -0.2) is 21.7 Å². The summed E-state index contributed by atoms with van der Waals surface area (Å²) in [6.45, 7) is 2.19. The molecule has 3 rings (SSSR count). The lowest BCUT2D eigenvalue weighted by Gasteiger charge is -2.17. The molecule has 20 heavy (non-hydrogen) atoms. The van der Waals surface area contributed by atoms with Gasteiger partial charge in [0.1, 0.15) is 5.15 Å². The third-order valence-corrected chi connectivity index (χ3v) is 4.71. The molecular weight excluding hydrogens is 299 g/mol. The summed E-state index contributed by atoms with van der Waals surface area (Å²) in [5.74, 6) is -0.0664. The van der Waals surface area contributed by atoms with Crippen LogP contribution in [0.2, 0.25) is 10.2 Å². The molecule has 1 aliphatic heterocycles. The van der Waals surface area contributed by atoms with Crippen LogP contribution in [0.3, 0.4) is 0 Å². The van der Waals surface area contributed by atoms with Crippen molar-refractivity contribution in [2.75, 3.05) is 0 Å². The molecule has 4 nitrogen and oxygen atoms in total. The molecule has 1 aliphatic carbocycles. The lowest BCUT2D eigenvalue weighted by molar-refractivity contribution is -0.141. The first-order valence-corrected chi connectivity index (χ1v) is 7.39. The summed E-state index contributed by atoms with van der Waals surface area (Å²) in [6, 6.07) is 3.21. The molecule has 2 unspecified atom stereocenters. The highest BCUT2D eigenvalue weighted by molar-refractivity contribution is 6.32. The predicted molar refractivity (Wildman–Crippen MR) is 75.2 cm³/mol. The average Bonchev–Trinajstić information content (AvgIpc) is 2.88. The van der Waals surface area contributed by atoms with Gasteiger partial charge in [-0.2, -0.15) is 0 Å². The molecule has 106 valence electrons. The number of imide groups is 1. The number of carbonyl (C=O) groups excluding carboxylic acids is 2. The van der Waals surface area contributed by atoms with Crippen molar-refractivity contribution in [3.63, 3.8) is 0 Å². The highest BCUT2D eigenvalue weighted by Gasteiger charge is 2.51. The van der Waals surface area contributed by atoms with Crippen LogP contribution in [0.5, 0.6) is 0 Å². The average molecular weight is 313 g/mol. The largest absolute Gasteiger partial charge is 0.276 e. The third kappa shape index (κ3) is 2.21.